The SMILES string of the molecule is CCOC(=O)c1c(NC(=O)CNC(C)c2cccnc2)sc(C)c1-c1ccccc1. The number of hydrogen-bond acceptors (Lipinski definition) is 6. The zero-order chi connectivity index (χ0) is 21.5. The maximum Gasteiger partial charge on any atom is 0.341 e. The van der Waals surface area contributed by atoms with Gasteiger partial charge in [-0.05, 0) is 38.0 Å². The third kappa shape index (κ3) is 5.11. The van der Waals surface area contributed by atoms with E-state index in [4.69, 9.17) is 4.74 Å². The molecule has 1 amide bonds. The summed E-state index contributed by atoms with van der Waals surface area (Å²) in [4.78, 5) is 30.4. The van der Waals surface area contributed by atoms with Gasteiger partial charge in [0.05, 0.1) is 13.2 Å². The molecule has 0 saturated carbocycles. The molecule has 156 valence electrons. The van der Waals surface area contributed by atoms with Gasteiger partial charge in [-0.2, -0.15) is 0 Å². The molecule has 2 aromatic heterocycles. The van der Waals surface area contributed by atoms with E-state index < -0.39 is 5.97 Å². The largest absolute Gasteiger partial charge is 0.462 e. The van der Waals surface area contributed by atoms with E-state index in [1.165, 1.54) is 11.3 Å². The molecule has 2 heterocycles. The van der Waals surface area contributed by atoms with Crippen molar-refractivity contribution < 1.29 is 14.3 Å². The third-order valence-electron chi connectivity index (χ3n) is 4.63. The van der Waals surface area contributed by atoms with Crippen LogP contribution in [0.15, 0.2) is 54.9 Å². The molecule has 7 heteroatoms. The van der Waals surface area contributed by atoms with E-state index in [-0.39, 0.29) is 25.1 Å². The van der Waals surface area contributed by atoms with Crippen LogP contribution in [-0.4, -0.2) is 30.0 Å². The van der Waals surface area contributed by atoms with Crippen LogP contribution in [0.25, 0.3) is 11.1 Å². The van der Waals surface area contributed by atoms with Crippen LogP contribution >= 0.6 is 11.3 Å². The molecular formula is C23H25N3O3S. The fourth-order valence-electron chi connectivity index (χ4n) is 3.15. The standard InChI is InChI=1S/C23H25N3O3S/c1-4-29-23(28)21-20(17-9-6-5-7-10-17)16(3)30-22(21)26-19(27)14-25-15(2)18-11-8-12-24-13-18/h5-13,15,25H,4,14H2,1-3H3,(H,26,27). The van der Waals surface area contributed by atoms with Gasteiger partial charge in [-0.15, -0.1) is 11.3 Å². The first-order valence-corrected chi connectivity index (χ1v) is 10.6. The van der Waals surface area contributed by atoms with E-state index >= 15 is 0 Å². The Morgan fingerprint density at radius 3 is 2.60 bits per heavy atom. The minimum Gasteiger partial charge on any atom is -0.462 e. The zero-order valence-electron chi connectivity index (χ0n) is 17.3. The Hall–Kier alpha value is -3.03. The highest BCUT2D eigenvalue weighted by Crippen LogP contribution is 2.40. The Bertz CT molecular complexity index is 1000. The Morgan fingerprint density at radius 1 is 1.17 bits per heavy atom. The number of benzene rings is 1. The molecular weight excluding hydrogens is 398 g/mol. The maximum atomic E-state index is 12.7. The van der Waals surface area contributed by atoms with Gasteiger partial charge in [0.1, 0.15) is 10.6 Å². The molecule has 0 aliphatic rings. The fraction of sp³-hybridized carbons (Fsp3) is 0.261. The molecule has 30 heavy (non-hydrogen) atoms. The second-order valence-corrected chi connectivity index (χ2v) is 7.99. The highest BCUT2D eigenvalue weighted by Gasteiger charge is 2.25. The normalized spacial score (nSPS) is 11.7. The van der Waals surface area contributed by atoms with Crippen LogP contribution in [-0.2, 0) is 9.53 Å². The number of amides is 1. The van der Waals surface area contributed by atoms with E-state index in [0.29, 0.717) is 10.6 Å². The molecule has 0 aliphatic carbocycles. The van der Waals surface area contributed by atoms with Crippen LogP contribution in [0.3, 0.4) is 0 Å². The number of hydrogen-bond donors (Lipinski definition) is 2. The average molecular weight is 424 g/mol. The number of anilines is 1. The molecule has 0 spiro atoms. The number of aryl methyl sites for hydroxylation is 1. The monoisotopic (exact) mass is 423 g/mol. The molecule has 3 rings (SSSR count). The van der Waals surface area contributed by atoms with Gasteiger partial charge in [-0.1, -0.05) is 36.4 Å². The first-order chi connectivity index (χ1) is 14.5. The van der Waals surface area contributed by atoms with Crippen molar-refractivity contribution in [2.24, 2.45) is 0 Å². The maximum absolute atomic E-state index is 12.7. The first kappa shape index (κ1) is 21.7. The summed E-state index contributed by atoms with van der Waals surface area (Å²) in [7, 11) is 0. The molecule has 1 aromatic carbocycles. The van der Waals surface area contributed by atoms with Gasteiger partial charge in [0.15, 0.2) is 0 Å². The van der Waals surface area contributed by atoms with Crippen LogP contribution in [0, 0.1) is 6.92 Å². The lowest BCUT2D eigenvalue weighted by molar-refractivity contribution is -0.115. The molecule has 1 atom stereocenters. The van der Waals surface area contributed by atoms with Crippen molar-refractivity contribution in [2.45, 2.75) is 26.8 Å². The smallest absolute Gasteiger partial charge is 0.341 e. The van der Waals surface area contributed by atoms with Gasteiger partial charge in [0, 0.05) is 28.9 Å². The topological polar surface area (TPSA) is 80.3 Å². The third-order valence-corrected chi connectivity index (χ3v) is 5.65. The summed E-state index contributed by atoms with van der Waals surface area (Å²) in [6.45, 7) is 6.04. The lowest BCUT2D eigenvalue weighted by Gasteiger charge is -2.14. The van der Waals surface area contributed by atoms with Crippen molar-refractivity contribution in [3.63, 3.8) is 0 Å². The number of carbonyl (C=O) groups excluding carboxylic acids is 2. The van der Waals surface area contributed by atoms with Crippen LogP contribution in [0.2, 0.25) is 0 Å². The Labute approximate surface area is 180 Å². The Morgan fingerprint density at radius 2 is 1.93 bits per heavy atom. The van der Waals surface area contributed by atoms with E-state index in [1.54, 1.807) is 19.3 Å². The van der Waals surface area contributed by atoms with Crippen LogP contribution in [0.4, 0.5) is 5.00 Å². The molecule has 0 bridgehead atoms. The molecule has 0 radical (unpaired) electrons. The number of nitrogens with zero attached hydrogens (tertiary/aromatic N) is 1. The van der Waals surface area contributed by atoms with Crippen LogP contribution < -0.4 is 10.6 Å². The highest BCUT2D eigenvalue weighted by molar-refractivity contribution is 7.17. The van der Waals surface area contributed by atoms with Crippen molar-refractivity contribution in [1.29, 1.82) is 0 Å². The Kier molecular flexibility index (Phi) is 7.32. The fourth-order valence-corrected chi connectivity index (χ4v) is 4.23. The number of aromatic nitrogens is 1. The number of thiophene rings is 1. The average Bonchev–Trinajstić information content (AvgIpc) is 3.09. The van der Waals surface area contributed by atoms with E-state index in [1.807, 2.05) is 56.3 Å². The summed E-state index contributed by atoms with van der Waals surface area (Å²) in [5.41, 5.74) is 3.11. The summed E-state index contributed by atoms with van der Waals surface area (Å²) in [5.74, 6) is -0.662. The van der Waals surface area contributed by atoms with Gasteiger partial charge in [-0.25, -0.2) is 4.79 Å². The van der Waals surface area contributed by atoms with Crippen molar-refractivity contribution in [3.05, 3.63) is 70.9 Å². The first-order valence-electron chi connectivity index (χ1n) is 9.80. The van der Waals surface area contributed by atoms with Crippen molar-refractivity contribution in [2.75, 3.05) is 18.5 Å². The summed E-state index contributed by atoms with van der Waals surface area (Å²) < 4.78 is 5.28. The lowest BCUT2D eigenvalue weighted by atomic mass is 10.0. The predicted molar refractivity (Wildman–Crippen MR) is 120 cm³/mol. The van der Waals surface area contributed by atoms with Gasteiger partial charge in [0.2, 0.25) is 5.91 Å². The number of pyridine rings is 1. The number of esters is 1. The van der Waals surface area contributed by atoms with Crippen molar-refractivity contribution >= 4 is 28.2 Å². The van der Waals surface area contributed by atoms with Gasteiger partial charge in [-0.3, -0.25) is 9.78 Å². The minimum atomic E-state index is -0.437. The number of rotatable bonds is 8. The summed E-state index contributed by atoms with van der Waals surface area (Å²) >= 11 is 1.38. The molecule has 0 saturated heterocycles. The van der Waals surface area contributed by atoms with Crippen LogP contribution in [0.5, 0.6) is 0 Å². The van der Waals surface area contributed by atoms with Gasteiger partial charge in [0.25, 0.3) is 0 Å². The van der Waals surface area contributed by atoms with E-state index in [0.717, 1.165) is 21.6 Å². The molecule has 0 aliphatic heterocycles. The highest BCUT2D eigenvalue weighted by atomic mass is 32.1. The van der Waals surface area contributed by atoms with Crippen molar-refractivity contribution in [3.8, 4) is 11.1 Å². The Balaban J connectivity index is 1.79. The lowest BCUT2D eigenvalue weighted by Crippen LogP contribution is -2.30. The van der Waals surface area contributed by atoms with E-state index in [9.17, 15) is 9.59 Å². The zero-order valence-corrected chi connectivity index (χ0v) is 18.1. The van der Waals surface area contributed by atoms with Gasteiger partial charge >= 0.3 is 5.97 Å². The summed E-state index contributed by atoms with van der Waals surface area (Å²) in [5, 5.41) is 6.58. The number of ether oxygens (including phenoxy) is 1. The molecule has 0 fully saturated rings. The number of carbonyl (C=O) groups is 2. The summed E-state index contributed by atoms with van der Waals surface area (Å²) in [6.07, 6.45) is 3.48. The summed E-state index contributed by atoms with van der Waals surface area (Å²) in [6, 6.07) is 13.4. The molecule has 6 nitrogen and oxygen atoms in total. The molecule has 2 N–H and O–H groups in total. The number of nitrogens with one attached hydrogen (secondary N) is 2. The quantitative estimate of drug-likeness (QED) is 0.518. The second-order valence-electron chi connectivity index (χ2n) is 6.76. The molecule has 3 aromatic rings. The minimum absolute atomic E-state index is 0.0288. The second kappa shape index (κ2) is 10.1. The van der Waals surface area contributed by atoms with Gasteiger partial charge < -0.3 is 15.4 Å². The van der Waals surface area contributed by atoms with E-state index in [2.05, 4.69) is 15.6 Å². The van der Waals surface area contributed by atoms with Crippen molar-refractivity contribution in [1.82, 2.24) is 10.3 Å². The predicted octanol–water partition coefficient (Wildman–Crippen LogP) is 4.58. The van der Waals surface area contributed by atoms with Crippen LogP contribution in [0.1, 0.15) is 40.7 Å². The molecule has 1 unspecified atom stereocenters.